The number of nitro benzene ring substituents is 1. The second-order valence-corrected chi connectivity index (χ2v) is 8.43. The number of rotatable bonds is 5. The normalized spacial score (nSPS) is 16.0. The molecule has 30 heavy (non-hydrogen) atoms. The average Bonchev–Trinajstić information content (AvgIpc) is 3.08. The van der Waals surface area contributed by atoms with Crippen LogP contribution in [0.25, 0.3) is 10.2 Å². The Morgan fingerprint density at radius 3 is 2.93 bits per heavy atom. The van der Waals surface area contributed by atoms with E-state index in [1.54, 1.807) is 11.3 Å². The number of aryl methyl sites for hydroxylation is 1. The predicted molar refractivity (Wildman–Crippen MR) is 114 cm³/mol. The number of carbonyl (C=O) groups is 1. The third kappa shape index (κ3) is 3.99. The van der Waals surface area contributed by atoms with Gasteiger partial charge in [-0.3, -0.25) is 24.3 Å². The number of thiophene rings is 1. The van der Waals surface area contributed by atoms with Crippen LogP contribution >= 0.6 is 11.3 Å². The lowest BCUT2D eigenvalue weighted by Gasteiger charge is -2.17. The number of nitrogens with one attached hydrogen (secondary N) is 1. The van der Waals surface area contributed by atoms with Crippen LogP contribution in [0.1, 0.15) is 29.3 Å². The zero-order valence-corrected chi connectivity index (χ0v) is 17.0. The second kappa shape index (κ2) is 8.15. The van der Waals surface area contributed by atoms with Crippen molar-refractivity contribution in [2.45, 2.75) is 32.7 Å². The number of carbonyl (C=O) groups excluding carboxylic acids is 1. The van der Waals surface area contributed by atoms with Gasteiger partial charge in [0.1, 0.15) is 11.4 Å². The van der Waals surface area contributed by atoms with Crippen LogP contribution in [0, 0.1) is 16.0 Å². The van der Waals surface area contributed by atoms with Gasteiger partial charge in [0.05, 0.1) is 22.9 Å². The molecule has 1 aromatic carbocycles. The number of amides is 1. The van der Waals surface area contributed by atoms with Crippen LogP contribution in [0.4, 0.5) is 5.69 Å². The molecule has 2 heterocycles. The zero-order chi connectivity index (χ0) is 21.3. The number of non-ortho nitro benzene ring substituents is 1. The van der Waals surface area contributed by atoms with E-state index in [0.29, 0.717) is 16.9 Å². The standard InChI is InChI=1S/C20H19N5O4S/c1-12-2-7-15-16(8-12)30-19-18(15)20(27)24(11-21-19)10-17(26)23-22-9-13-3-5-14(6-4-13)25(28)29/h3-6,9,11-12H,2,7-8,10H2,1H3,(H,23,26). The maximum atomic E-state index is 12.9. The monoisotopic (exact) mass is 425 g/mol. The first kappa shape index (κ1) is 19.9. The molecule has 1 atom stereocenters. The fourth-order valence-electron chi connectivity index (χ4n) is 3.53. The molecule has 0 saturated heterocycles. The molecule has 1 N–H and O–H groups in total. The van der Waals surface area contributed by atoms with Gasteiger partial charge in [0.2, 0.25) is 0 Å². The van der Waals surface area contributed by atoms with Crippen molar-refractivity contribution < 1.29 is 9.72 Å². The molecule has 1 amide bonds. The molecule has 1 unspecified atom stereocenters. The number of aromatic nitrogens is 2. The van der Waals surface area contributed by atoms with Crippen LogP contribution in [0.15, 0.2) is 40.5 Å². The van der Waals surface area contributed by atoms with Gasteiger partial charge >= 0.3 is 0 Å². The van der Waals surface area contributed by atoms with Crippen molar-refractivity contribution in [3.63, 3.8) is 0 Å². The Bertz CT molecular complexity index is 1210. The fourth-order valence-corrected chi connectivity index (χ4v) is 4.87. The van der Waals surface area contributed by atoms with E-state index in [0.717, 1.165) is 29.7 Å². The molecule has 0 saturated carbocycles. The second-order valence-electron chi connectivity index (χ2n) is 7.35. The quantitative estimate of drug-likeness (QED) is 0.383. The highest BCUT2D eigenvalue weighted by Gasteiger charge is 2.23. The number of fused-ring (bicyclic) bond motifs is 3. The maximum Gasteiger partial charge on any atom is 0.269 e. The molecule has 0 radical (unpaired) electrons. The Kier molecular flexibility index (Phi) is 5.40. The van der Waals surface area contributed by atoms with Crippen molar-refractivity contribution in [2.24, 2.45) is 11.0 Å². The topological polar surface area (TPSA) is 119 Å². The summed E-state index contributed by atoms with van der Waals surface area (Å²) in [4.78, 5) is 41.6. The number of benzene rings is 1. The van der Waals surface area contributed by atoms with Crippen molar-refractivity contribution in [1.29, 1.82) is 0 Å². The molecular formula is C20H19N5O4S. The number of hydrogen-bond acceptors (Lipinski definition) is 7. The summed E-state index contributed by atoms with van der Waals surface area (Å²) in [5.74, 6) is 0.140. The Morgan fingerprint density at radius 1 is 1.43 bits per heavy atom. The van der Waals surface area contributed by atoms with Crippen molar-refractivity contribution in [3.05, 3.63) is 67.1 Å². The zero-order valence-electron chi connectivity index (χ0n) is 16.2. The molecule has 0 bridgehead atoms. The van der Waals surface area contributed by atoms with E-state index < -0.39 is 10.8 Å². The highest BCUT2D eigenvalue weighted by Crippen LogP contribution is 2.35. The summed E-state index contributed by atoms with van der Waals surface area (Å²) in [6, 6.07) is 5.76. The van der Waals surface area contributed by atoms with Gasteiger partial charge in [-0.2, -0.15) is 5.10 Å². The summed E-state index contributed by atoms with van der Waals surface area (Å²) < 4.78 is 1.30. The van der Waals surface area contributed by atoms with Crippen molar-refractivity contribution >= 4 is 39.4 Å². The predicted octanol–water partition coefficient (Wildman–Crippen LogP) is 2.64. The van der Waals surface area contributed by atoms with Gasteiger partial charge in [-0.15, -0.1) is 11.3 Å². The molecule has 1 aliphatic rings. The molecule has 154 valence electrons. The molecule has 0 spiro atoms. The largest absolute Gasteiger partial charge is 0.289 e. The van der Waals surface area contributed by atoms with Gasteiger partial charge in [0.25, 0.3) is 17.2 Å². The summed E-state index contributed by atoms with van der Waals surface area (Å²) >= 11 is 1.57. The maximum absolute atomic E-state index is 12.9. The Balaban J connectivity index is 1.46. The van der Waals surface area contributed by atoms with Crippen molar-refractivity contribution in [1.82, 2.24) is 15.0 Å². The van der Waals surface area contributed by atoms with Crippen LogP contribution in [-0.2, 0) is 24.2 Å². The third-order valence-corrected chi connectivity index (χ3v) is 6.27. The molecular weight excluding hydrogens is 406 g/mol. The van der Waals surface area contributed by atoms with Crippen LogP contribution < -0.4 is 11.0 Å². The van der Waals surface area contributed by atoms with Gasteiger partial charge < -0.3 is 0 Å². The smallest absolute Gasteiger partial charge is 0.269 e. The Hall–Kier alpha value is -3.40. The lowest BCUT2D eigenvalue weighted by atomic mass is 9.89. The summed E-state index contributed by atoms with van der Waals surface area (Å²) in [7, 11) is 0. The van der Waals surface area contributed by atoms with E-state index in [4.69, 9.17) is 0 Å². The van der Waals surface area contributed by atoms with E-state index in [-0.39, 0.29) is 17.8 Å². The van der Waals surface area contributed by atoms with E-state index in [9.17, 15) is 19.7 Å². The first-order valence-electron chi connectivity index (χ1n) is 9.48. The van der Waals surface area contributed by atoms with Crippen molar-refractivity contribution in [3.8, 4) is 0 Å². The number of hydrazone groups is 1. The number of nitrogens with zero attached hydrogens (tertiary/aromatic N) is 4. The van der Waals surface area contributed by atoms with Gasteiger partial charge in [0.15, 0.2) is 0 Å². The average molecular weight is 425 g/mol. The van der Waals surface area contributed by atoms with Gasteiger partial charge in [-0.05, 0) is 48.4 Å². The molecule has 0 fully saturated rings. The number of hydrogen-bond donors (Lipinski definition) is 1. The lowest BCUT2D eigenvalue weighted by Crippen LogP contribution is -2.30. The van der Waals surface area contributed by atoms with Crippen LogP contribution in [0.5, 0.6) is 0 Å². The van der Waals surface area contributed by atoms with E-state index >= 15 is 0 Å². The minimum Gasteiger partial charge on any atom is -0.289 e. The first-order chi connectivity index (χ1) is 14.4. The molecule has 4 rings (SSSR count). The highest BCUT2D eigenvalue weighted by molar-refractivity contribution is 7.18. The van der Waals surface area contributed by atoms with E-state index in [1.807, 2.05) is 0 Å². The fraction of sp³-hybridized carbons (Fsp3) is 0.300. The van der Waals surface area contributed by atoms with Gasteiger partial charge in [0, 0.05) is 17.0 Å². The molecule has 2 aromatic heterocycles. The first-order valence-corrected chi connectivity index (χ1v) is 10.3. The molecule has 1 aliphatic carbocycles. The highest BCUT2D eigenvalue weighted by atomic mass is 32.1. The van der Waals surface area contributed by atoms with Gasteiger partial charge in [-0.25, -0.2) is 10.4 Å². The Labute approximate surface area is 175 Å². The van der Waals surface area contributed by atoms with Crippen LogP contribution in [0.2, 0.25) is 0 Å². The van der Waals surface area contributed by atoms with Gasteiger partial charge in [-0.1, -0.05) is 6.92 Å². The minimum atomic E-state index is -0.490. The lowest BCUT2D eigenvalue weighted by molar-refractivity contribution is -0.384. The molecule has 10 heteroatoms. The summed E-state index contributed by atoms with van der Waals surface area (Å²) in [5.41, 5.74) is 3.81. The van der Waals surface area contributed by atoms with Crippen LogP contribution in [-0.4, -0.2) is 26.6 Å². The third-order valence-electron chi connectivity index (χ3n) is 5.10. The Morgan fingerprint density at radius 2 is 2.20 bits per heavy atom. The number of nitro groups is 1. The SMILES string of the molecule is CC1CCc2c(sc3ncn(CC(=O)NN=Cc4ccc([N+](=O)[O-])cc4)c(=O)c23)C1. The minimum absolute atomic E-state index is 0.0245. The summed E-state index contributed by atoms with van der Waals surface area (Å²) in [6.45, 7) is 2.01. The summed E-state index contributed by atoms with van der Waals surface area (Å²) in [6.07, 6.45) is 5.65. The molecule has 9 nitrogen and oxygen atoms in total. The molecule has 0 aliphatic heterocycles. The summed E-state index contributed by atoms with van der Waals surface area (Å²) in [5, 5.41) is 15.1. The van der Waals surface area contributed by atoms with E-state index in [1.165, 1.54) is 46.3 Å². The molecule has 3 aromatic rings. The van der Waals surface area contributed by atoms with E-state index in [2.05, 4.69) is 22.4 Å². The van der Waals surface area contributed by atoms with Crippen molar-refractivity contribution in [2.75, 3.05) is 0 Å². The van der Waals surface area contributed by atoms with Crippen LogP contribution in [0.3, 0.4) is 0 Å².